The molecular formula is C110H110Br3N9O4. The lowest BCUT2D eigenvalue weighted by atomic mass is 9.80. The third-order valence-electron chi connectivity index (χ3n) is 25.5. The Morgan fingerprint density at radius 3 is 0.984 bits per heavy atom. The van der Waals surface area contributed by atoms with Crippen molar-refractivity contribution in [3.8, 4) is 0 Å². The van der Waals surface area contributed by atoms with E-state index in [1.807, 2.05) is 32.3 Å². The molecule has 3 atom stereocenters. The van der Waals surface area contributed by atoms with Crippen molar-refractivity contribution >= 4 is 130 Å². The van der Waals surface area contributed by atoms with Crippen LogP contribution in [0.25, 0.3) is 65.0 Å². The molecule has 13 aromatic carbocycles. The predicted octanol–water partition coefficient (Wildman–Crippen LogP) is 22.8. The summed E-state index contributed by atoms with van der Waals surface area (Å²) in [4.78, 5) is 30.0. The minimum atomic E-state index is -1.27. The lowest BCUT2D eigenvalue weighted by Crippen LogP contribution is -2.37. The van der Waals surface area contributed by atoms with E-state index >= 15 is 0 Å². The van der Waals surface area contributed by atoms with Gasteiger partial charge in [0.2, 0.25) is 0 Å². The van der Waals surface area contributed by atoms with Crippen LogP contribution in [0.2, 0.25) is 0 Å². The van der Waals surface area contributed by atoms with E-state index in [0.717, 1.165) is 214 Å². The summed E-state index contributed by atoms with van der Waals surface area (Å²) in [5.41, 5.74) is 14.2. The molecule has 3 aromatic heterocycles. The van der Waals surface area contributed by atoms with Gasteiger partial charge in [-0.05, 0) is 229 Å². The van der Waals surface area contributed by atoms with E-state index in [2.05, 4.69) is 384 Å². The second-order valence-corrected chi connectivity index (χ2v) is 37.8. The van der Waals surface area contributed by atoms with Gasteiger partial charge in [0.1, 0.15) is 34.3 Å². The summed E-state index contributed by atoms with van der Waals surface area (Å²) in [5, 5.41) is 48.5. The molecule has 6 heterocycles. The quantitative estimate of drug-likeness (QED) is 0.0532. The molecule has 13 nitrogen and oxygen atoms in total. The first-order valence-electron chi connectivity index (χ1n) is 44.2. The van der Waals surface area contributed by atoms with Gasteiger partial charge in [-0.1, -0.05) is 290 Å². The number of ether oxygens (including phenoxy) is 1. The molecule has 0 saturated carbocycles. The summed E-state index contributed by atoms with van der Waals surface area (Å²) in [6.07, 6.45) is 7.34. The number of hydrogen-bond donors (Lipinski definition) is 3. The Morgan fingerprint density at radius 2 is 0.627 bits per heavy atom. The van der Waals surface area contributed by atoms with Crippen LogP contribution in [-0.4, -0.2) is 153 Å². The molecule has 2 fully saturated rings. The SMILES string of the molecule is CN(C)CCC(O)(c1cccc2ccccc12)c1cc(Br)cc2cc(Cc3ccccc3)c(N3CCCC3)nc12.CN(C)CCC(O)(c1cccc2ccccc12)c1cc(Br)cc2cc(Cc3ccccc3)c(N3CCOCC3)nc12.CN(C)CCC(O)(c1cccc2ccccc12)c1cc(Br)cc2cc(Cc3ccccc3)c(N3CCc4ccccc4C3)nc12. The lowest BCUT2D eigenvalue weighted by Gasteiger charge is -2.34. The molecule has 0 aliphatic carbocycles. The molecular weight excluding hydrogens is 1750 g/mol. The fraction of sp³-hybridized carbons (Fsp3) is 0.264. The van der Waals surface area contributed by atoms with Gasteiger partial charge in [0.05, 0.1) is 29.8 Å². The van der Waals surface area contributed by atoms with Gasteiger partial charge in [-0.3, -0.25) is 0 Å². The van der Waals surface area contributed by atoms with Gasteiger partial charge >= 0.3 is 0 Å². The summed E-state index contributed by atoms with van der Waals surface area (Å²) >= 11 is 11.4. The van der Waals surface area contributed by atoms with Gasteiger partial charge < -0.3 is 49.5 Å². The molecule has 3 unspecified atom stereocenters. The smallest absolute Gasteiger partial charge is 0.133 e. The maximum absolute atomic E-state index is 13.1. The van der Waals surface area contributed by atoms with Crippen molar-refractivity contribution in [2.45, 2.75) is 81.1 Å². The topological polar surface area (TPSA) is 128 Å². The second kappa shape index (κ2) is 38.9. The maximum Gasteiger partial charge on any atom is 0.133 e. The van der Waals surface area contributed by atoms with Crippen molar-refractivity contribution in [1.29, 1.82) is 0 Å². The van der Waals surface area contributed by atoms with Crippen molar-refractivity contribution in [2.24, 2.45) is 0 Å². The van der Waals surface area contributed by atoms with E-state index in [4.69, 9.17) is 19.7 Å². The summed E-state index contributed by atoms with van der Waals surface area (Å²) in [7, 11) is 12.3. The monoisotopic (exact) mass is 1860 g/mol. The van der Waals surface area contributed by atoms with Gasteiger partial charge in [-0.15, -0.1) is 0 Å². The highest BCUT2D eigenvalue weighted by molar-refractivity contribution is 9.11. The number of morpholine rings is 1. The van der Waals surface area contributed by atoms with E-state index < -0.39 is 16.8 Å². The standard InChI is InChI=1S/C40H38BrN3O.C35H36BrN3O2.C35H36BrN3O/c1-43(2)22-20-40(45,36-18-10-16-30-14-8-9-17-35(30)36)37-26-34(41)25-32-24-33(23-28-11-4-3-5-12-28)39(42-38(32)37)44-21-19-29-13-6-7-15-31(29)27-44;1-38(2)16-15-35(40,31-14-8-12-26-11-6-7-13-30(26)31)32-24-29(36)23-27-22-28(21-25-9-4-3-5-10-25)34(37-33(27)32)39-17-19-41-20-18-39;1-38(2)20-17-35(40,31-16-10-14-26-13-6-7-15-30(26)31)32-24-29(36)23-27-22-28(21-25-11-4-3-5-12-25)34(37-33(27)32)39-18-8-9-19-39/h3-18,24-26,45H,19-23,27H2,1-2H3;3-14,22-24,40H,15-21H2,1-2H3;3-7,10-16,22-24,40H,8-9,17-21H2,1-2H3. The maximum atomic E-state index is 13.1. The Kier molecular flexibility index (Phi) is 27.0. The van der Waals surface area contributed by atoms with Gasteiger partial charge in [0.25, 0.3) is 0 Å². The number of benzene rings is 13. The average molecular weight is 1860 g/mol. The molecule has 0 bridgehead atoms. The third kappa shape index (κ3) is 19.2. The zero-order valence-corrected chi connectivity index (χ0v) is 77.6. The van der Waals surface area contributed by atoms with Crippen LogP contribution in [-0.2, 0) is 53.8 Å². The summed E-state index contributed by atoms with van der Waals surface area (Å²) in [5.74, 6) is 3.02. The zero-order chi connectivity index (χ0) is 87.1. The largest absolute Gasteiger partial charge is 0.380 e. The summed E-state index contributed by atoms with van der Waals surface area (Å²) < 4.78 is 8.49. The average Bonchev–Trinajstić information content (AvgIpc) is 0.838. The number of anilines is 3. The molecule has 16 aromatic rings. The lowest BCUT2D eigenvalue weighted by molar-refractivity contribution is 0.0653. The van der Waals surface area contributed by atoms with Crippen LogP contribution in [0.15, 0.2) is 311 Å². The molecule has 0 spiro atoms. The Morgan fingerprint density at radius 1 is 0.317 bits per heavy atom. The molecule has 16 heteroatoms. The molecule has 0 amide bonds. The first-order valence-corrected chi connectivity index (χ1v) is 46.6. The Balaban J connectivity index is 0.000000134. The number of fused-ring (bicyclic) bond motifs is 7. The fourth-order valence-electron chi connectivity index (χ4n) is 19.0. The zero-order valence-electron chi connectivity index (χ0n) is 72.8. The van der Waals surface area contributed by atoms with Gasteiger partial charge in [0, 0.05) is 124 Å². The normalized spacial score (nSPS) is 15.1. The predicted molar refractivity (Wildman–Crippen MR) is 532 cm³/mol. The van der Waals surface area contributed by atoms with Crippen molar-refractivity contribution in [3.63, 3.8) is 0 Å². The van der Waals surface area contributed by atoms with E-state index in [1.165, 1.54) is 57.3 Å². The van der Waals surface area contributed by atoms with Crippen molar-refractivity contribution in [3.05, 3.63) is 389 Å². The number of rotatable bonds is 24. The number of aliphatic hydroxyl groups is 3. The molecule has 3 N–H and O–H groups in total. The number of halogens is 3. The first-order chi connectivity index (χ1) is 61.2. The molecule has 3 aliphatic rings. The fourth-order valence-corrected chi connectivity index (χ4v) is 20.4. The van der Waals surface area contributed by atoms with Crippen LogP contribution in [0.4, 0.5) is 17.5 Å². The molecule has 19 rings (SSSR count). The van der Waals surface area contributed by atoms with Crippen LogP contribution >= 0.6 is 47.8 Å². The van der Waals surface area contributed by atoms with Crippen LogP contribution in [0.5, 0.6) is 0 Å². The second-order valence-electron chi connectivity index (χ2n) is 35.0. The number of nitrogens with zero attached hydrogens (tertiary/aromatic N) is 9. The first kappa shape index (κ1) is 87.5. The number of hydrogen-bond acceptors (Lipinski definition) is 13. The third-order valence-corrected chi connectivity index (χ3v) is 26.9. The van der Waals surface area contributed by atoms with Crippen LogP contribution in [0, 0.1) is 0 Å². The highest BCUT2D eigenvalue weighted by Crippen LogP contribution is 2.48. The van der Waals surface area contributed by atoms with Crippen molar-refractivity contribution < 1.29 is 20.1 Å². The Bertz CT molecular complexity index is 6530. The van der Waals surface area contributed by atoms with Crippen molar-refractivity contribution in [1.82, 2.24) is 29.7 Å². The highest BCUT2D eigenvalue weighted by atomic mass is 79.9. The number of pyridine rings is 3. The van der Waals surface area contributed by atoms with Crippen LogP contribution in [0.3, 0.4) is 0 Å². The van der Waals surface area contributed by atoms with Crippen molar-refractivity contribution in [2.75, 3.05) is 123 Å². The van der Waals surface area contributed by atoms with E-state index in [1.54, 1.807) is 0 Å². The number of aromatic nitrogens is 3. The molecule has 0 radical (unpaired) electrons. The van der Waals surface area contributed by atoms with E-state index in [9.17, 15) is 15.3 Å². The molecule has 126 heavy (non-hydrogen) atoms. The summed E-state index contributed by atoms with van der Waals surface area (Å²) in [6.45, 7) is 8.86. The van der Waals surface area contributed by atoms with E-state index in [0.29, 0.717) is 32.5 Å². The van der Waals surface area contributed by atoms with Gasteiger partial charge in [-0.25, -0.2) is 15.0 Å². The minimum Gasteiger partial charge on any atom is -0.380 e. The van der Waals surface area contributed by atoms with Gasteiger partial charge in [-0.2, -0.15) is 0 Å². The van der Waals surface area contributed by atoms with E-state index in [-0.39, 0.29) is 0 Å². The Hall–Kier alpha value is -10.6. The molecule has 3 aliphatic heterocycles. The minimum absolute atomic E-state index is 0.527. The van der Waals surface area contributed by atoms with Gasteiger partial charge in [0.15, 0.2) is 0 Å². The van der Waals surface area contributed by atoms with Crippen LogP contribution < -0.4 is 14.7 Å². The molecule has 640 valence electrons. The summed E-state index contributed by atoms with van der Waals surface area (Å²) in [6, 6.07) is 104. The van der Waals surface area contributed by atoms with Crippen LogP contribution in [0.1, 0.15) is 110 Å². The molecule has 2 saturated heterocycles. The highest BCUT2D eigenvalue weighted by Gasteiger charge is 2.40. The Labute approximate surface area is 766 Å².